The van der Waals surface area contributed by atoms with Gasteiger partial charge in [0.15, 0.2) is 6.10 Å². The first-order valence-corrected chi connectivity index (χ1v) is 9.55. The summed E-state index contributed by atoms with van der Waals surface area (Å²) >= 11 is 5.90. The van der Waals surface area contributed by atoms with Crippen LogP contribution in [-0.2, 0) is 27.1 Å². The molecule has 9 heteroatoms. The molecule has 1 heterocycles. The molecule has 1 unspecified atom stereocenters. The molecule has 0 radical (unpaired) electrons. The van der Waals surface area contributed by atoms with Gasteiger partial charge in [0.25, 0.3) is 0 Å². The first-order valence-electron chi connectivity index (χ1n) is 9.17. The molecular formula is C21H20ClF3N2O3. The molecule has 3 rings (SSSR count). The average molecular weight is 441 g/mol. The molecule has 0 spiro atoms. The van der Waals surface area contributed by atoms with E-state index in [0.717, 1.165) is 23.4 Å². The lowest BCUT2D eigenvalue weighted by Crippen LogP contribution is -2.39. The Bertz CT molecular complexity index is 899. The van der Waals surface area contributed by atoms with E-state index in [1.807, 2.05) is 12.1 Å². The van der Waals surface area contributed by atoms with Crippen LogP contribution in [0.5, 0.6) is 0 Å². The standard InChI is InChI=1S/C21H20ClF3N2O3/c1-29-13-20(28)27(11-14-2-6-16(7-3-14)21(23,24)25)12-18-10-19(26-30-18)15-4-8-17(22)9-5-15/h2-9,18H,10-13H2,1H3. The van der Waals surface area contributed by atoms with E-state index in [1.165, 1.54) is 24.1 Å². The van der Waals surface area contributed by atoms with Crippen molar-refractivity contribution in [1.29, 1.82) is 0 Å². The van der Waals surface area contributed by atoms with Gasteiger partial charge in [-0.25, -0.2) is 0 Å². The minimum Gasteiger partial charge on any atom is -0.390 e. The summed E-state index contributed by atoms with van der Waals surface area (Å²) in [4.78, 5) is 19.4. The molecule has 0 bridgehead atoms. The highest BCUT2D eigenvalue weighted by molar-refractivity contribution is 6.30. The lowest BCUT2D eigenvalue weighted by atomic mass is 10.0. The van der Waals surface area contributed by atoms with Gasteiger partial charge in [-0.05, 0) is 35.4 Å². The van der Waals surface area contributed by atoms with Gasteiger partial charge in [0.2, 0.25) is 5.91 Å². The molecule has 0 fully saturated rings. The number of oxime groups is 1. The number of rotatable bonds is 7. The number of hydrogen-bond acceptors (Lipinski definition) is 4. The SMILES string of the molecule is COCC(=O)N(Cc1ccc(C(F)(F)F)cc1)CC1CC(c2ccc(Cl)cc2)=NO1. The van der Waals surface area contributed by atoms with Crippen LogP contribution >= 0.6 is 11.6 Å². The van der Waals surface area contributed by atoms with Crippen molar-refractivity contribution in [3.05, 3.63) is 70.2 Å². The summed E-state index contributed by atoms with van der Waals surface area (Å²) in [7, 11) is 1.40. The Labute approximate surface area is 177 Å². The van der Waals surface area contributed by atoms with Gasteiger partial charge in [0.1, 0.15) is 6.61 Å². The molecule has 0 saturated heterocycles. The number of alkyl halides is 3. The maximum Gasteiger partial charge on any atom is 0.416 e. The fourth-order valence-electron chi connectivity index (χ4n) is 3.07. The van der Waals surface area contributed by atoms with Gasteiger partial charge in [-0.1, -0.05) is 41.0 Å². The van der Waals surface area contributed by atoms with Crippen LogP contribution in [0.1, 0.15) is 23.1 Å². The number of hydrogen-bond donors (Lipinski definition) is 0. The largest absolute Gasteiger partial charge is 0.416 e. The van der Waals surface area contributed by atoms with Crippen molar-refractivity contribution in [3.8, 4) is 0 Å². The smallest absolute Gasteiger partial charge is 0.390 e. The van der Waals surface area contributed by atoms with Gasteiger partial charge in [-0.15, -0.1) is 0 Å². The van der Waals surface area contributed by atoms with Crippen LogP contribution in [0, 0.1) is 0 Å². The molecule has 1 atom stereocenters. The summed E-state index contributed by atoms with van der Waals surface area (Å²) in [5, 5.41) is 4.71. The van der Waals surface area contributed by atoms with Crippen LogP contribution in [0.15, 0.2) is 53.7 Å². The highest BCUT2D eigenvalue weighted by atomic mass is 35.5. The monoisotopic (exact) mass is 440 g/mol. The molecular weight excluding hydrogens is 421 g/mol. The predicted molar refractivity (Wildman–Crippen MR) is 106 cm³/mol. The Morgan fingerprint density at radius 1 is 1.20 bits per heavy atom. The number of carbonyl (C=O) groups is 1. The fraction of sp³-hybridized carbons (Fsp3) is 0.333. The van der Waals surface area contributed by atoms with Crippen LogP contribution in [0.3, 0.4) is 0 Å². The van der Waals surface area contributed by atoms with E-state index in [-0.39, 0.29) is 31.7 Å². The Hall–Kier alpha value is -2.58. The Kier molecular flexibility index (Phi) is 6.99. The summed E-state index contributed by atoms with van der Waals surface area (Å²) in [5.74, 6) is -0.291. The third-order valence-electron chi connectivity index (χ3n) is 4.61. The van der Waals surface area contributed by atoms with Gasteiger partial charge in [-0.2, -0.15) is 13.2 Å². The zero-order valence-electron chi connectivity index (χ0n) is 16.2. The molecule has 2 aromatic carbocycles. The van der Waals surface area contributed by atoms with E-state index >= 15 is 0 Å². The number of benzene rings is 2. The Morgan fingerprint density at radius 3 is 2.47 bits per heavy atom. The average Bonchev–Trinajstić information content (AvgIpc) is 3.16. The molecule has 2 aromatic rings. The van der Waals surface area contributed by atoms with Gasteiger partial charge < -0.3 is 14.5 Å². The van der Waals surface area contributed by atoms with Crippen LogP contribution in [0.25, 0.3) is 0 Å². The highest BCUT2D eigenvalue weighted by Gasteiger charge is 2.30. The predicted octanol–water partition coefficient (Wildman–Crippen LogP) is 4.53. The second kappa shape index (κ2) is 9.49. The van der Waals surface area contributed by atoms with Crippen molar-refractivity contribution in [1.82, 2.24) is 4.90 Å². The summed E-state index contributed by atoms with van der Waals surface area (Å²) in [6.45, 7) is 0.221. The molecule has 0 aliphatic carbocycles. The fourth-order valence-corrected chi connectivity index (χ4v) is 3.20. The van der Waals surface area contributed by atoms with Crippen molar-refractivity contribution in [3.63, 3.8) is 0 Å². The third kappa shape index (κ3) is 5.73. The molecule has 0 aromatic heterocycles. The summed E-state index contributed by atoms with van der Waals surface area (Å²) in [6, 6.07) is 11.9. The highest BCUT2D eigenvalue weighted by Crippen LogP contribution is 2.29. The van der Waals surface area contributed by atoms with Crippen molar-refractivity contribution in [2.24, 2.45) is 5.16 Å². The van der Waals surface area contributed by atoms with Crippen LogP contribution in [0.4, 0.5) is 13.2 Å². The lowest BCUT2D eigenvalue weighted by molar-refractivity contribution is -0.138. The molecule has 1 aliphatic heterocycles. The quantitative estimate of drug-likeness (QED) is 0.635. The zero-order valence-corrected chi connectivity index (χ0v) is 16.9. The van der Waals surface area contributed by atoms with Crippen molar-refractivity contribution in [2.45, 2.75) is 25.2 Å². The number of amides is 1. The van der Waals surface area contributed by atoms with Gasteiger partial charge in [0, 0.05) is 25.1 Å². The van der Waals surface area contributed by atoms with Gasteiger partial charge in [-0.3, -0.25) is 4.79 Å². The van der Waals surface area contributed by atoms with E-state index < -0.39 is 11.7 Å². The molecule has 30 heavy (non-hydrogen) atoms. The normalized spacial score (nSPS) is 16.2. The summed E-state index contributed by atoms with van der Waals surface area (Å²) in [6.07, 6.45) is -4.28. The van der Waals surface area contributed by atoms with Crippen LogP contribution in [0.2, 0.25) is 5.02 Å². The van der Waals surface area contributed by atoms with E-state index in [2.05, 4.69) is 5.16 Å². The van der Waals surface area contributed by atoms with Gasteiger partial charge >= 0.3 is 6.18 Å². The number of methoxy groups -OCH3 is 1. The molecule has 0 saturated carbocycles. The number of halogens is 4. The number of ether oxygens (including phenoxy) is 1. The van der Waals surface area contributed by atoms with Crippen molar-refractivity contribution in [2.75, 3.05) is 20.3 Å². The minimum absolute atomic E-state index is 0.135. The first-order chi connectivity index (χ1) is 14.3. The molecule has 1 aliphatic rings. The second-order valence-electron chi connectivity index (χ2n) is 6.88. The van der Waals surface area contributed by atoms with E-state index in [9.17, 15) is 18.0 Å². The maximum atomic E-state index is 12.8. The Balaban J connectivity index is 1.66. The third-order valence-corrected chi connectivity index (χ3v) is 4.86. The van der Waals surface area contributed by atoms with Crippen LogP contribution < -0.4 is 0 Å². The van der Waals surface area contributed by atoms with E-state index in [4.69, 9.17) is 21.2 Å². The lowest BCUT2D eigenvalue weighted by Gasteiger charge is -2.25. The first kappa shape index (κ1) is 22.1. The summed E-state index contributed by atoms with van der Waals surface area (Å²) < 4.78 is 43.2. The van der Waals surface area contributed by atoms with E-state index in [1.54, 1.807) is 12.1 Å². The maximum absolute atomic E-state index is 12.8. The van der Waals surface area contributed by atoms with Gasteiger partial charge in [0.05, 0.1) is 17.8 Å². The topological polar surface area (TPSA) is 51.1 Å². The number of nitrogens with zero attached hydrogens (tertiary/aromatic N) is 2. The Morgan fingerprint density at radius 2 is 1.87 bits per heavy atom. The zero-order chi connectivity index (χ0) is 21.7. The number of carbonyl (C=O) groups excluding carboxylic acids is 1. The van der Waals surface area contributed by atoms with E-state index in [0.29, 0.717) is 17.0 Å². The molecule has 0 N–H and O–H groups in total. The molecule has 1 amide bonds. The summed E-state index contributed by atoms with van der Waals surface area (Å²) in [5.41, 5.74) is 1.45. The van der Waals surface area contributed by atoms with Crippen molar-refractivity contribution >= 4 is 23.2 Å². The molecule has 5 nitrogen and oxygen atoms in total. The molecule has 160 valence electrons. The second-order valence-corrected chi connectivity index (χ2v) is 7.31. The minimum atomic E-state index is -4.41. The van der Waals surface area contributed by atoms with Crippen LogP contribution in [-0.4, -0.2) is 42.9 Å². The van der Waals surface area contributed by atoms with Crippen molar-refractivity contribution < 1.29 is 27.5 Å².